The van der Waals surface area contributed by atoms with Crippen molar-refractivity contribution in [1.29, 1.82) is 0 Å². The molecule has 2 N–H and O–H groups in total. The molecule has 0 fully saturated rings. The molecule has 0 saturated carbocycles. The summed E-state index contributed by atoms with van der Waals surface area (Å²) in [6.07, 6.45) is 2.01. The highest BCUT2D eigenvalue weighted by atomic mass is 32.2. The van der Waals surface area contributed by atoms with E-state index in [4.69, 9.17) is 9.84 Å². The Morgan fingerprint density at radius 1 is 1.00 bits per heavy atom. The van der Waals surface area contributed by atoms with E-state index in [9.17, 15) is 9.59 Å². The van der Waals surface area contributed by atoms with Crippen molar-refractivity contribution in [2.45, 2.75) is 5.75 Å². The van der Waals surface area contributed by atoms with E-state index in [1.165, 1.54) is 11.8 Å². The number of para-hydroxylation sites is 1. The van der Waals surface area contributed by atoms with Crippen molar-refractivity contribution in [3.63, 3.8) is 0 Å². The minimum Gasteiger partial charge on any atom is -0.497 e. The number of thioether (sulfide) groups is 1. The van der Waals surface area contributed by atoms with Crippen LogP contribution < -0.4 is 15.4 Å². The molecule has 35 heavy (non-hydrogen) atoms. The van der Waals surface area contributed by atoms with Gasteiger partial charge in [-0.25, -0.2) is 4.68 Å². The van der Waals surface area contributed by atoms with E-state index in [2.05, 4.69) is 10.6 Å². The van der Waals surface area contributed by atoms with Crippen LogP contribution in [0.2, 0.25) is 0 Å². The number of hydrogen-bond acceptors (Lipinski definition) is 5. The Balaban J connectivity index is 1.46. The number of methoxy groups -OCH3 is 1. The van der Waals surface area contributed by atoms with Gasteiger partial charge in [-0.3, -0.25) is 9.59 Å². The van der Waals surface area contributed by atoms with E-state index in [1.807, 2.05) is 65.5 Å². The van der Waals surface area contributed by atoms with Crippen molar-refractivity contribution in [3.05, 3.63) is 96.2 Å². The molecule has 0 unspecified atom stereocenters. The molecule has 8 heteroatoms. The Morgan fingerprint density at radius 2 is 1.77 bits per heavy atom. The number of aromatic nitrogens is 2. The average Bonchev–Trinajstić information content (AvgIpc) is 3.33. The maximum Gasteiger partial charge on any atom is 0.251 e. The van der Waals surface area contributed by atoms with Gasteiger partial charge < -0.3 is 15.4 Å². The number of rotatable bonds is 9. The van der Waals surface area contributed by atoms with Crippen LogP contribution in [0.5, 0.6) is 5.75 Å². The van der Waals surface area contributed by atoms with Gasteiger partial charge in [-0.05, 0) is 54.6 Å². The summed E-state index contributed by atoms with van der Waals surface area (Å²) < 4.78 is 7.14. The molecule has 4 rings (SSSR count). The standard InChI is InChI=1S/C27H26N4O3S/c1-28-27(33)20-7-6-8-22(15-20)29-25(32)18-35-17-21-16-31(23-9-4-3-5-10-23)30-26(21)19-11-13-24(34-2)14-12-19/h3-16H,17-18H2,1-2H3,(H,28,33)(H,29,32). The molecule has 0 atom stereocenters. The molecular weight excluding hydrogens is 460 g/mol. The molecule has 7 nitrogen and oxygen atoms in total. The molecule has 2 amide bonds. The Morgan fingerprint density at radius 3 is 2.49 bits per heavy atom. The lowest BCUT2D eigenvalue weighted by Gasteiger charge is -2.07. The summed E-state index contributed by atoms with van der Waals surface area (Å²) in [5.74, 6) is 1.33. The number of amides is 2. The van der Waals surface area contributed by atoms with Gasteiger partial charge in [0.15, 0.2) is 0 Å². The summed E-state index contributed by atoms with van der Waals surface area (Å²) in [5.41, 5.74) is 4.92. The first kappa shape index (κ1) is 24.1. The van der Waals surface area contributed by atoms with E-state index in [-0.39, 0.29) is 17.6 Å². The molecule has 3 aromatic carbocycles. The number of benzene rings is 3. The third kappa shape index (κ3) is 6.10. The molecule has 4 aromatic rings. The number of carbonyl (C=O) groups excluding carboxylic acids is 2. The van der Waals surface area contributed by atoms with Crippen molar-refractivity contribution in [2.75, 3.05) is 25.2 Å². The Labute approximate surface area is 208 Å². The highest BCUT2D eigenvalue weighted by molar-refractivity contribution is 7.99. The molecule has 1 aromatic heterocycles. The van der Waals surface area contributed by atoms with Crippen LogP contribution >= 0.6 is 11.8 Å². The number of nitrogens with zero attached hydrogens (tertiary/aromatic N) is 2. The summed E-state index contributed by atoms with van der Waals surface area (Å²) in [4.78, 5) is 24.4. The highest BCUT2D eigenvalue weighted by Crippen LogP contribution is 2.28. The van der Waals surface area contributed by atoms with Gasteiger partial charge in [0, 0.05) is 41.4 Å². The minimum atomic E-state index is -0.197. The van der Waals surface area contributed by atoms with Crippen LogP contribution in [0.1, 0.15) is 15.9 Å². The van der Waals surface area contributed by atoms with Gasteiger partial charge in [-0.2, -0.15) is 5.10 Å². The second-order valence-corrected chi connectivity index (χ2v) is 8.70. The molecule has 0 radical (unpaired) electrons. The van der Waals surface area contributed by atoms with E-state index < -0.39 is 0 Å². The first-order valence-corrected chi connectivity index (χ1v) is 12.2. The number of ether oxygens (including phenoxy) is 1. The SMILES string of the molecule is CNC(=O)c1cccc(NC(=O)CSCc2cn(-c3ccccc3)nc2-c2ccc(OC)cc2)c1. The molecule has 1 heterocycles. The Hall–Kier alpha value is -4.04. The zero-order chi connectivity index (χ0) is 24.6. The summed E-state index contributed by atoms with van der Waals surface area (Å²) in [6, 6.07) is 24.6. The molecule has 0 bridgehead atoms. The van der Waals surface area contributed by atoms with E-state index in [1.54, 1.807) is 38.4 Å². The van der Waals surface area contributed by atoms with Crippen LogP contribution in [0.25, 0.3) is 16.9 Å². The molecule has 0 aliphatic carbocycles. The third-order valence-electron chi connectivity index (χ3n) is 5.30. The number of carbonyl (C=O) groups is 2. The second-order valence-electron chi connectivity index (χ2n) is 7.71. The predicted octanol–water partition coefficient (Wildman–Crippen LogP) is 4.78. The monoisotopic (exact) mass is 486 g/mol. The van der Waals surface area contributed by atoms with Crippen molar-refractivity contribution in [2.24, 2.45) is 0 Å². The third-order valence-corrected chi connectivity index (χ3v) is 6.28. The Kier molecular flexibility index (Phi) is 7.84. The summed E-state index contributed by atoms with van der Waals surface area (Å²) in [7, 11) is 3.21. The van der Waals surface area contributed by atoms with Gasteiger partial charge in [0.25, 0.3) is 5.91 Å². The van der Waals surface area contributed by atoms with Crippen LogP contribution in [0.4, 0.5) is 5.69 Å². The lowest BCUT2D eigenvalue weighted by Crippen LogP contribution is -2.19. The smallest absolute Gasteiger partial charge is 0.251 e. The lowest BCUT2D eigenvalue weighted by atomic mass is 10.1. The van der Waals surface area contributed by atoms with Crippen LogP contribution in [0, 0.1) is 0 Å². The van der Waals surface area contributed by atoms with Crippen molar-refractivity contribution in [1.82, 2.24) is 15.1 Å². The zero-order valence-electron chi connectivity index (χ0n) is 19.5. The number of anilines is 1. The molecule has 0 aliphatic rings. The van der Waals surface area contributed by atoms with Crippen LogP contribution in [0.3, 0.4) is 0 Å². The van der Waals surface area contributed by atoms with Crippen molar-refractivity contribution in [3.8, 4) is 22.7 Å². The molecule has 0 aliphatic heterocycles. The first-order valence-electron chi connectivity index (χ1n) is 11.1. The molecule has 178 valence electrons. The molecule has 0 spiro atoms. The lowest BCUT2D eigenvalue weighted by molar-refractivity contribution is -0.113. The van der Waals surface area contributed by atoms with Gasteiger partial charge in [-0.15, -0.1) is 11.8 Å². The highest BCUT2D eigenvalue weighted by Gasteiger charge is 2.14. The van der Waals surface area contributed by atoms with Crippen molar-refractivity contribution < 1.29 is 14.3 Å². The number of hydrogen-bond donors (Lipinski definition) is 2. The normalized spacial score (nSPS) is 10.6. The largest absolute Gasteiger partial charge is 0.497 e. The summed E-state index contributed by atoms with van der Waals surface area (Å²) >= 11 is 1.50. The maximum atomic E-state index is 12.5. The van der Waals surface area contributed by atoms with E-state index in [0.29, 0.717) is 17.0 Å². The zero-order valence-corrected chi connectivity index (χ0v) is 20.3. The first-order chi connectivity index (χ1) is 17.1. The van der Waals surface area contributed by atoms with E-state index >= 15 is 0 Å². The van der Waals surface area contributed by atoms with Crippen molar-refractivity contribution >= 4 is 29.3 Å². The van der Waals surface area contributed by atoms with Gasteiger partial charge in [0.05, 0.1) is 24.2 Å². The average molecular weight is 487 g/mol. The predicted molar refractivity (Wildman–Crippen MR) is 140 cm³/mol. The molecule has 0 saturated heterocycles. The van der Waals surface area contributed by atoms with Crippen LogP contribution in [-0.4, -0.2) is 41.5 Å². The molecular formula is C27H26N4O3S. The van der Waals surface area contributed by atoms with Gasteiger partial charge in [0.1, 0.15) is 5.75 Å². The van der Waals surface area contributed by atoms with E-state index in [0.717, 1.165) is 28.3 Å². The van der Waals surface area contributed by atoms with Crippen LogP contribution in [0.15, 0.2) is 85.1 Å². The fourth-order valence-corrected chi connectivity index (χ4v) is 4.34. The Bertz CT molecular complexity index is 1300. The minimum absolute atomic E-state index is 0.134. The van der Waals surface area contributed by atoms with Gasteiger partial charge in [-0.1, -0.05) is 24.3 Å². The number of nitrogens with one attached hydrogen (secondary N) is 2. The second kappa shape index (κ2) is 11.4. The summed E-state index contributed by atoms with van der Waals surface area (Å²) in [5, 5.41) is 10.3. The fraction of sp³-hybridized carbons (Fsp3) is 0.148. The van der Waals surface area contributed by atoms with Gasteiger partial charge >= 0.3 is 0 Å². The van der Waals surface area contributed by atoms with Gasteiger partial charge in [0.2, 0.25) is 5.91 Å². The van der Waals surface area contributed by atoms with Crippen LogP contribution in [-0.2, 0) is 10.5 Å². The topological polar surface area (TPSA) is 85.3 Å². The fourth-order valence-electron chi connectivity index (χ4n) is 3.55. The summed E-state index contributed by atoms with van der Waals surface area (Å²) in [6.45, 7) is 0. The quantitative estimate of drug-likeness (QED) is 0.356. The maximum absolute atomic E-state index is 12.5.